The molecule has 4 aliphatic heterocycles. The first-order valence-electron chi connectivity index (χ1n) is 28.0. The van der Waals surface area contributed by atoms with Crippen molar-refractivity contribution in [2.75, 3.05) is 50.8 Å². The summed E-state index contributed by atoms with van der Waals surface area (Å²) in [6, 6.07) is 19.8. The molecule has 4 aromatic heterocycles. The minimum atomic E-state index is -0.829. The number of carbonyl (C=O) groups is 2. The smallest absolute Gasteiger partial charge is 0.319 e. The van der Waals surface area contributed by atoms with Crippen LogP contribution in [0.5, 0.6) is 17.6 Å². The van der Waals surface area contributed by atoms with E-state index in [9.17, 15) is 19.8 Å². The summed E-state index contributed by atoms with van der Waals surface area (Å²) in [5.74, 6) is 0.367. The Morgan fingerprint density at radius 2 is 1.77 bits per heavy atom. The van der Waals surface area contributed by atoms with Crippen LogP contribution in [0.15, 0.2) is 76.9 Å². The number of hydrogen-bond acceptors (Lipinski definition) is 16. The Kier molecular flexibility index (Phi) is 13.1. The molecule has 8 heterocycles. The zero-order chi connectivity index (χ0) is 53.6. The Labute approximate surface area is 457 Å². The average molecular weight is 1070 g/mol. The number of anilines is 1. The number of aliphatic hydroxyl groups is 1. The van der Waals surface area contributed by atoms with Crippen molar-refractivity contribution >= 4 is 50.6 Å². The predicted octanol–water partition coefficient (Wildman–Crippen LogP) is 8.66. The highest BCUT2D eigenvalue weighted by Crippen LogP contribution is 2.51. The summed E-state index contributed by atoms with van der Waals surface area (Å²) in [5, 5.41) is 35.8. The summed E-state index contributed by atoms with van der Waals surface area (Å²) >= 11 is 1.59. The first kappa shape index (κ1) is 50.8. The summed E-state index contributed by atoms with van der Waals surface area (Å²) in [5.41, 5.74) is 9.88. The van der Waals surface area contributed by atoms with Crippen molar-refractivity contribution in [2.24, 2.45) is 11.3 Å². The third-order valence-electron chi connectivity index (χ3n) is 18.0. The largest absolute Gasteiger partial charge is 0.508 e. The van der Waals surface area contributed by atoms with Gasteiger partial charge in [0, 0.05) is 74.0 Å². The van der Waals surface area contributed by atoms with Gasteiger partial charge in [0.15, 0.2) is 5.76 Å². The second-order valence-electron chi connectivity index (χ2n) is 23.5. The van der Waals surface area contributed by atoms with E-state index in [4.69, 9.17) is 28.9 Å². The lowest BCUT2D eigenvalue weighted by molar-refractivity contribution is -0.141. The Hall–Kier alpha value is -6.73. The summed E-state index contributed by atoms with van der Waals surface area (Å²) in [7, 11) is 0. The standard InChI is InChI=1S/C60H68N10O7S/c1-32(2)50(58(74)70-30-42(72)23-47(70)57(73)63-34(4)36-9-11-37(12-10-36)55-35(5)62-31-78-55)48-24-49(67-77-48)76-43-25-60(26-43)15-17-68(18-16-60)19-20-75-59-65-54-46(56(66-59)69-28-39-13-14-40(29-69)64-39)27-61-53-45-22-41(71)21-38-7-6-8-44(52(38)45)33(3)51(53)54/h6-12,21-22,24,27,31-34,39-40,42-43,47,50,64,71-72H,13-20,23,25-26,28-30H2,1-5H3,(H,63,73)/t33?,34-,39?,40?,42?,47-,50+/m0/s1. The van der Waals surface area contributed by atoms with Gasteiger partial charge in [0.2, 0.25) is 11.8 Å². The summed E-state index contributed by atoms with van der Waals surface area (Å²) in [6.45, 7) is 14.9. The number of aryl methyl sites for hydroxylation is 1. The second-order valence-corrected chi connectivity index (χ2v) is 24.3. The number of aliphatic hydroxyl groups excluding tert-OH is 1. The highest BCUT2D eigenvalue weighted by atomic mass is 32.1. The molecule has 18 heteroatoms. The summed E-state index contributed by atoms with van der Waals surface area (Å²) in [4.78, 5) is 55.5. The number of ether oxygens (including phenoxy) is 2. The van der Waals surface area contributed by atoms with Crippen LogP contribution in [0, 0.1) is 18.3 Å². The van der Waals surface area contributed by atoms with Gasteiger partial charge < -0.3 is 44.6 Å². The highest BCUT2D eigenvalue weighted by Gasteiger charge is 2.48. The lowest BCUT2D eigenvalue weighted by Gasteiger charge is -2.51. The van der Waals surface area contributed by atoms with Gasteiger partial charge in [-0.1, -0.05) is 63.2 Å². The van der Waals surface area contributed by atoms with Gasteiger partial charge in [-0.05, 0) is 122 Å². The van der Waals surface area contributed by atoms with E-state index in [1.165, 1.54) is 10.5 Å². The highest BCUT2D eigenvalue weighted by molar-refractivity contribution is 7.13. The fourth-order valence-corrected chi connectivity index (χ4v) is 14.6. The number of nitrogens with one attached hydrogen (secondary N) is 2. The number of pyridine rings is 1. The first-order valence-corrected chi connectivity index (χ1v) is 28.9. The lowest BCUT2D eigenvalue weighted by Crippen LogP contribution is -2.51. The first-order chi connectivity index (χ1) is 37.7. The van der Waals surface area contributed by atoms with E-state index in [1.807, 2.05) is 75.8 Å². The van der Waals surface area contributed by atoms with Crippen molar-refractivity contribution in [3.05, 3.63) is 101 Å². The van der Waals surface area contributed by atoms with Crippen molar-refractivity contribution in [3.8, 4) is 39.3 Å². The van der Waals surface area contributed by atoms with Gasteiger partial charge in [0.05, 0.1) is 44.8 Å². The molecule has 7 aromatic rings. The number of nitrogens with zero attached hydrogens (tertiary/aromatic N) is 8. The molecular formula is C60H68N10O7S. The van der Waals surface area contributed by atoms with Crippen LogP contribution in [0.3, 0.4) is 0 Å². The van der Waals surface area contributed by atoms with E-state index < -0.39 is 18.1 Å². The molecule has 2 amide bonds. The number of carbonyl (C=O) groups excluding carboxylic acids is 2. The Morgan fingerprint density at radius 3 is 2.51 bits per heavy atom. The van der Waals surface area contributed by atoms with Crippen LogP contribution < -0.4 is 25.0 Å². The number of aromatic hydroxyl groups is 1. The third-order valence-corrected chi connectivity index (χ3v) is 18.9. The molecule has 2 aliphatic carbocycles. The number of piperazine rings is 1. The molecule has 0 radical (unpaired) electrons. The molecule has 4 N–H and O–H groups in total. The number of likely N-dealkylation sites (tertiary alicyclic amines) is 2. The van der Waals surface area contributed by atoms with Crippen LogP contribution in [0.1, 0.15) is 119 Å². The molecule has 5 fully saturated rings. The molecule has 3 aromatic carbocycles. The minimum Gasteiger partial charge on any atom is -0.508 e. The molecule has 78 heavy (non-hydrogen) atoms. The monoisotopic (exact) mass is 1070 g/mol. The fraction of sp³-hybridized carbons (Fsp3) is 0.483. The molecule has 4 unspecified atom stereocenters. The van der Waals surface area contributed by atoms with Crippen molar-refractivity contribution < 1.29 is 33.8 Å². The van der Waals surface area contributed by atoms with Gasteiger partial charge in [-0.25, -0.2) is 4.98 Å². The molecule has 13 rings (SSSR count). The van der Waals surface area contributed by atoms with E-state index in [0.717, 1.165) is 137 Å². The third kappa shape index (κ3) is 9.31. The van der Waals surface area contributed by atoms with Gasteiger partial charge in [-0.3, -0.25) is 19.5 Å². The van der Waals surface area contributed by atoms with Crippen molar-refractivity contribution in [2.45, 2.75) is 128 Å². The number of benzene rings is 3. The van der Waals surface area contributed by atoms with Crippen molar-refractivity contribution in [3.63, 3.8) is 0 Å². The Balaban J connectivity index is 0.625. The fourth-order valence-electron chi connectivity index (χ4n) is 13.8. The number of rotatable bonds is 14. The molecular weight excluding hydrogens is 1000 g/mol. The molecule has 4 saturated heterocycles. The number of hydrogen-bond donors (Lipinski definition) is 4. The molecule has 406 valence electrons. The van der Waals surface area contributed by atoms with Gasteiger partial charge >= 0.3 is 6.01 Å². The van der Waals surface area contributed by atoms with Crippen LogP contribution in [-0.2, 0) is 9.59 Å². The second kappa shape index (κ2) is 20.2. The van der Waals surface area contributed by atoms with Crippen LogP contribution in [0.4, 0.5) is 5.82 Å². The number of thiazole rings is 1. The minimum absolute atomic E-state index is 0.0104. The van der Waals surface area contributed by atoms with Crippen LogP contribution in [0.2, 0.25) is 0 Å². The number of aromatic nitrogens is 5. The summed E-state index contributed by atoms with van der Waals surface area (Å²) in [6.07, 6.45) is 7.50. The normalized spacial score (nSPS) is 23.4. The average Bonchev–Trinajstić information content (AvgIpc) is 4.35. The Morgan fingerprint density at radius 1 is 0.987 bits per heavy atom. The topological polar surface area (TPSA) is 204 Å². The van der Waals surface area contributed by atoms with Crippen LogP contribution in [-0.4, -0.2) is 133 Å². The number of fused-ring (bicyclic) bond motifs is 6. The van der Waals surface area contributed by atoms with Gasteiger partial charge in [-0.15, -0.1) is 11.3 Å². The zero-order valence-corrected chi connectivity index (χ0v) is 45.8. The summed E-state index contributed by atoms with van der Waals surface area (Å²) < 4.78 is 18.8. The number of amides is 2. The van der Waals surface area contributed by atoms with Crippen molar-refractivity contribution in [1.82, 2.24) is 45.5 Å². The van der Waals surface area contributed by atoms with Crippen LogP contribution >= 0.6 is 11.3 Å². The van der Waals surface area contributed by atoms with E-state index in [2.05, 4.69) is 55.7 Å². The van der Waals surface area contributed by atoms with E-state index in [-0.39, 0.29) is 59.9 Å². The number of phenols is 1. The van der Waals surface area contributed by atoms with E-state index in [1.54, 1.807) is 17.4 Å². The SMILES string of the molecule is Cc1ncsc1-c1ccc([C@H](C)NC(=O)[C@@H]2CC(O)CN2C(=O)[C@@H](c2cc(OC3CC4(CCN(CCOc5nc(N6CC7CCC(C6)N7)c6cnc7c(c6n5)C(C)c5cccc6cc(O)cc-7c56)CC4)C3)no2)C(C)C)cc1. The molecule has 7 atom stereocenters. The number of β-amino-alcohol motifs (C(OH)–C–C–N with tert-alkyl or cyclic N) is 1. The maximum Gasteiger partial charge on any atom is 0.319 e. The quantitative estimate of drug-likeness (QED) is 0.0805. The molecule has 1 saturated carbocycles. The Bertz CT molecular complexity index is 3410. The van der Waals surface area contributed by atoms with Crippen molar-refractivity contribution in [1.29, 1.82) is 0 Å². The van der Waals surface area contributed by atoms with Crippen LogP contribution in [0.25, 0.3) is 43.4 Å². The molecule has 1 spiro atoms. The van der Waals surface area contributed by atoms with E-state index >= 15 is 0 Å². The molecule has 6 aliphatic rings. The lowest BCUT2D eigenvalue weighted by atomic mass is 9.61. The molecule has 17 nitrogen and oxygen atoms in total. The van der Waals surface area contributed by atoms with Gasteiger partial charge in [0.1, 0.15) is 36.2 Å². The van der Waals surface area contributed by atoms with Gasteiger partial charge in [0.25, 0.3) is 5.88 Å². The number of piperidine rings is 1. The maximum atomic E-state index is 14.4. The van der Waals surface area contributed by atoms with E-state index in [0.29, 0.717) is 36.3 Å². The zero-order valence-electron chi connectivity index (χ0n) is 44.9. The maximum absolute atomic E-state index is 14.4. The van der Waals surface area contributed by atoms with Gasteiger partial charge in [-0.2, -0.15) is 9.97 Å². The number of phenolic OH excluding ortho intramolecular Hbond substituents is 1. The molecule has 2 bridgehead atoms. The predicted molar refractivity (Wildman–Crippen MR) is 298 cm³/mol.